The summed E-state index contributed by atoms with van der Waals surface area (Å²) < 4.78 is 20.7. The lowest BCUT2D eigenvalue weighted by atomic mass is 10.1. The van der Waals surface area contributed by atoms with Gasteiger partial charge >= 0.3 is 0 Å². The summed E-state index contributed by atoms with van der Waals surface area (Å²) in [7, 11) is 0. The van der Waals surface area contributed by atoms with Gasteiger partial charge in [-0.3, -0.25) is 14.9 Å². The number of carbonyl (C=O) groups excluding carboxylic acids is 2. The van der Waals surface area contributed by atoms with Crippen LogP contribution in [0.2, 0.25) is 10.0 Å². The van der Waals surface area contributed by atoms with Crippen LogP contribution in [0, 0.1) is 5.82 Å². The van der Waals surface area contributed by atoms with Crippen molar-refractivity contribution in [3.8, 4) is 5.75 Å². The number of ether oxygens (including phenoxy) is 1. The minimum atomic E-state index is -0.727. The first-order valence-corrected chi connectivity index (χ1v) is 11.7. The third-order valence-corrected chi connectivity index (χ3v) is 6.48. The molecular formula is C24H14BrCl2FN2O3S. The van der Waals surface area contributed by atoms with E-state index in [2.05, 4.69) is 21.2 Å². The van der Waals surface area contributed by atoms with Crippen molar-refractivity contribution in [1.29, 1.82) is 0 Å². The number of hydrogen-bond donors (Lipinski definition) is 1. The number of rotatable bonds is 5. The number of hydrogen-bond acceptors (Lipinski definition) is 4. The summed E-state index contributed by atoms with van der Waals surface area (Å²) >= 11 is 20.5. The Labute approximate surface area is 218 Å². The first-order chi connectivity index (χ1) is 16.2. The van der Waals surface area contributed by atoms with Crippen LogP contribution in [0.5, 0.6) is 5.75 Å². The molecule has 2 amide bonds. The highest BCUT2D eigenvalue weighted by molar-refractivity contribution is 9.10. The van der Waals surface area contributed by atoms with E-state index in [9.17, 15) is 14.0 Å². The van der Waals surface area contributed by atoms with E-state index in [0.717, 1.165) is 10.5 Å². The molecule has 0 atom stereocenters. The maximum Gasteiger partial charge on any atom is 0.270 e. The summed E-state index contributed by atoms with van der Waals surface area (Å²) in [6.45, 7) is 0.256. The average Bonchev–Trinajstić information content (AvgIpc) is 2.79. The highest BCUT2D eigenvalue weighted by Crippen LogP contribution is 2.30. The molecule has 5 nitrogen and oxygen atoms in total. The fraction of sp³-hybridized carbons (Fsp3) is 0.0417. The van der Waals surface area contributed by atoms with E-state index in [1.165, 1.54) is 24.3 Å². The van der Waals surface area contributed by atoms with Crippen LogP contribution >= 0.6 is 51.3 Å². The molecule has 0 spiro atoms. The average molecular weight is 580 g/mol. The van der Waals surface area contributed by atoms with Gasteiger partial charge in [0.2, 0.25) is 0 Å². The first-order valence-electron chi connectivity index (χ1n) is 9.77. The predicted molar refractivity (Wildman–Crippen MR) is 138 cm³/mol. The molecular weight excluding hydrogens is 566 g/mol. The fourth-order valence-corrected chi connectivity index (χ4v) is 4.30. The van der Waals surface area contributed by atoms with E-state index in [0.29, 0.717) is 25.8 Å². The normalized spacial score (nSPS) is 15.0. The molecule has 1 aliphatic rings. The number of thiocarbonyl (C=S) groups is 1. The maximum absolute atomic E-state index is 14.3. The number of nitrogens with zero attached hydrogens (tertiary/aromatic N) is 1. The van der Waals surface area contributed by atoms with Crippen LogP contribution in [0.25, 0.3) is 6.08 Å². The van der Waals surface area contributed by atoms with Crippen molar-refractivity contribution in [2.75, 3.05) is 4.90 Å². The highest BCUT2D eigenvalue weighted by atomic mass is 79.9. The van der Waals surface area contributed by atoms with E-state index in [1.807, 2.05) is 0 Å². The van der Waals surface area contributed by atoms with Gasteiger partial charge in [0.25, 0.3) is 11.8 Å². The van der Waals surface area contributed by atoms with E-state index in [4.69, 9.17) is 40.2 Å². The van der Waals surface area contributed by atoms with Crippen molar-refractivity contribution in [2.45, 2.75) is 6.61 Å². The van der Waals surface area contributed by atoms with E-state index < -0.39 is 17.6 Å². The van der Waals surface area contributed by atoms with Crippen molar-refractivity contribution in [3.05, 3.63) is 97.7 Å². The van der Waals surface area contributed by atoms with Crippen molar-refractivity contribution in [1.82, 2.24) is 5.32 Å². The first kappa shape index (κ1) is 24.3. The zero-order chi connectivity index (χ0) is 24.4. The third-order valence-electron chi connectivity index (χ3n) is 4.84. The molecule has 0 aromatic heterocycles. The SMILES string of the molecule is O=C1NC(=S)N(c2ccccc2F)C(=O)/C1=C/c1ccc(OCc2ccc(Cl)c(Cl)c2)c(Br)c1. The van der Waals surface area contributed by atoms with Crippen molar-refractivity contribution in [3.63, 3.8) is 0 Å². The zero-order valence-corrected chi connectivity index (χ0v) is 21.1. The molecule has 0 radical (unpaired) electrons. The van der Waals surface area contributed by atoms with Gasteiger partial charge in [-0.1, -0.05) is 47.5 Å². The number of amides is 2. The van der Waals surface area contributed by atoms with Crippen LogP contribution in [-0.2, 0) is 16.2 Å². The van der Waals surface area contributed by atoms with E-state index in [-0.39, 0.29) is 23.0 Å². The summed E-state index contributed by atoms with van der Waals surface area (Å²) in [4.78, 5) is 26.5. The van der Waals surface area contributed by atoms with Crippen LogP contribution in [0.3, 0.4) is 0 Å². The molecule has 3 aromatic rings. The van der Waals surface area contributed by atoms with E-state index in [1.54, 1.807) is 42.5 Å². The summed E-state index contributed by atoms with van der Waals surface area (Å²) in [5.41, 5.74) is 1.15. The van der Waals surface area contributed by atoms with Gasteiger partial charge in [-0.25, -0.2) is 9.29 Å². The lowest BCUT2D eigenvalue weighted by molar-refractivity contribution is -0.122. The molecule has 3 aromatic carbocycles. The molecule has 1 fully saturated rings. The number of halogens is 4. The standard InChI is InChI=1S/C24H14BrCl2FN2O3S/c25-16-10-13(6-8-21(16)33-12-14-5-7-17(26)18(27)11-14)9-15-22(31)29-24(34)30(23(15)32)20-4-2-1-3-19(20)28/h1-11H,12H2,(H,29,31,34)/b15-9+. The Kier molecular flexibility index (Phi) is 7.33. The van der Waals surface area contributed by atoms with Gasteiger partial charge in [0.15, 0.2) is 5.11 Å². The molecule has 34 heavy (non-hydrogen) atoms. The zero-order valence-electron chi connectivity index (χ0n) is 17.2. The third kappa shape index (κ3) is 5.15. The molecule has 0 aliphatic carbocycles. The number of para-hydroxylation sites is 1. The van der Waals surface area contributed by atoms with Crippen LogP contribution in [0.1, 0.15) is 11.1 Å². The van der Waals surface area contributed by atoms with Crippen LogP contribution in [-0.4, -0.2) is 16.9 Å². The molecule has 0 unspecified atom stereocenters. The Morgan fingerprint density at radius 3 is 2.53 bits per heavy atom. The maximum atomic E-state index is 14.3. The molecule has 4 rings (SSSR count). The largest absolute Gasteiger partial charge is 0.488 e. The van der Waals surface area contributed by atoms with Gasteiger partial charge in [-0.15, -0.1) is 0 Å². The quantitative estimate of drug-likeness (QED) is 0.219. The van der Waals surface area contributed by atoms with Gasteiger partial charge in [0.1, 0.15) is 23.7 Å². The smallest absolute Gasteiger partial charge is 0.270 e. The molecule has 0 bridgehead atoms. The second-order valence-corrected chi connectivity index (χ2v) is 9.19. The second kappa shape index (κ2) is 10.2. The topological polar surface area (TPSA) is 58.6 Å². The van der Waals surface area contributed by atoms with Gasteiger partial charge in [0.05, 0.1) is 20.2 Å². The van der Waals surface area contributed by atoms with Gasteiger partial charge in [-0.2, -0.15) is 0 Å². The predicted octanol–water partition coefficient (Wildman–Crippen LogP) is 6.31. The molecule has 1 saturated heterocycles. The Balaban J connectivity index is 1.56. The molecule has 0 saturated carbocycles. The number of benzene rings is 3. The van der Waals surface area contributed by atoms with Crippen molar-refractivity contribution >= 4 is 80.0 Å². The van der Waals surface area contributed by atoms with Gasteiger partial charge in [0, 0.05) is 0 Å². The fourth-order valence-electron chi connectivity index (χ4n) is 3.19. The summed E-state index contributed by atoms with van der Waals surface area (Å²) in [5.74, 6) is -1.49. The highest BCUT2D eigenvalue weighted by Gasteiger charge is 2.35. The Morgan fingerprint density at radius 1 is 1.06 bits per heavy atom. The summed E-state index contributed by atoms with van der Waals surface area (Å²) in [5, 5.41) is 3.14. The molecule has 10 heteroatoms. The molecule has 172 valence electrons. The van der Waals surface area contributed by atoms with Gasteiger partial charge < -0.3 is 4.74 Å². The monoisotopic (exact) mass is 578 g/mol. The Morgan fingerprint density at radius 2 is 1.82 bits per heavy atom. The van der Waals surface area contributed by atoms with Crippen LogP contribution < -0.4 is 15.0 Å². The second-order valence-electron chi connectivity index (χ2n) is 7.14. The van der Waals surface area contributed by atoms with Crippen molar-refractivity contribution in [2.24, 2.45) is 0 Å². The number of nitrogens with one attached hydrogen (secondary N) is 1. The number of carbonyl (C=O) groups is 2. The molecule has 1 heterocycles. The number of anilines is 1. The minimum absolute atomic E-state index is 0.0457. The van der Waals surface area contributed by atoms with Gasteiger partial charge in [-0.05, 0) is 81.7 Å². The van der Waals surface area contributed by atoms with Crippen LogP contribution in [0.4, 0.5) is 10.1 Å². The molecule has 1 N–H and O–H groups in total. The Bertz CT molecular complexity index is 1370. The summed E-state index contributed by atoms with van der Waals surface area (Å²) in [6, 6.07) is 16.0. The lowest BCUT2D eigenvalue weighted by Gasteiger charge is -2.29. The van der Waals surface area contributed by atoms with E-state index >= 15 is 0 Å². The lowest BCUT2D eigenvalue weighted by Crippen LogP contribution is -2.54. The summed E-state index contributed by atoms with van der Waals surface area (Å²) in [6.07, 6.45) is 1.40. The molecule has 1 aliphatic heterocycles. The van der Waals surface area contributed by atoms with Crippen molar-refractivity contribution < 1.29 is 18.7 Å². The van der Waals surface area contributed by atoms with Crippen LogP contribution in [0.15, 0.2) is 70.7 Å². The minimum Gasteiger partial charge on any atom is -0.488 e. The Hall–Kier alpha value is -2.78.